The number of hydrogen-bond donors (Lipinski definition) is 2. The van der Waals surface area contributed by atoms with E-state index < -0.39 is 6.10 Å². The van der Waals surface area contributed by atoms with Crippen LogP contribution in [0.15, 0.2) is 18.5 Å². The van der Waals surface area contributed by atoms with E-state index in [0.29, 0.717) is 28.5 Å². The fourth-order valence-electron chi connectivity index (χ4n) is 4.78. The number of fused-ring (bicyclic) bond motifs is 1. The molecule has 2 N–H and O–H groups in total. The molecule has 1 saturated carbocycles. The van der Waals surface area contributed by atoms with Gasteiger partial charge in [-0.2, -0.15) is 11.8 Å². The van der Waals surface area contributed by atoms with Gasteiger partial charge in [-0.3, -0.25) is 14.7 Å². The number of thioether (sulfide) groups is 1. The molecule has 2 saturated heterocycles. The summed E-state index contributed by atoms with van der Waals surface area (Å²) in [5.74, 6) is 3.43. The van der Waals surface area contributed by atoms with Crippen LogP contribution in [0.5, 0.6) is 0 Å². The molecule has 0 bridgehead atoms. The number of carbonyl (C=O) groups excluding carboxylic acids is 1. The van der Waals surface area contributed by atoms with E-state index >= 15 is 0 Å². The number of nitrogens with zero attached hydrogens (tertiary/aromatic N) is 2. The molecule has 4 rings (SSSR count). The molecular weight excluding hydrogens is 370 g/mol. The van der Waals surface area contributed by atoms with Crippen LogP contribution in [0.2, 0.25) is 5.02 Å². The first-order chi connectivity index (χ1) is 12.6. The second kappa shape index (κ2) is 8.05. The number of aromatic nitrogens is 1. The van der Waals surface area contributed by atoms with Crippen LogP contribution in [0.4, 0.5) is 0 Å². The molecule has 1 aromatic heterocycles. The van der Waals surface area contributed by atoms with Crippen molar-refractivity contribution in [2.24, 2.45) is 11.8 Å². The maximum atomic E-state index is 12.5. The van der Waals surface area contributed by atoms with E-state index in [1.165, 1.54) is 30.5 Å². The predicted molar refractivity (Wildman–Crippen MR) is 105 cm³/mol. The Balaban J connectivity index is 1.38. The number of nitrogens with one attached hydrogen (secondary N) is 1. The van der Waals surface area contributed by atoms with Gasteiger partial charge in [0, 0.05) is 31.5 Å². The molecule has 2 aliphatic heterocycles. The van der Waals surface area contributed by atoms with E-state index in [0.717, 1.165) is 25.9 Å². The lowest BCUT2D eigenvalue weighted by Crippen LogP contribution is -2.49. The maximum Gasteiger partial charge on any atom is 0.253 e. The quantitative estimate of drug-likeness (QED) is 0.822. The highest BCUT2D eigenvalue weighted by molar-refractivity contribution is 7.99. The minimum atomic E-state index is -0.484. The van der Waals surface area contributed by atoms with Crippen molar-refractivity contribution in [3.8, 4) is 0 Å². The molecule has 5 nitrogen and oxygen atoms in total. The van der Waals surface area contributed by atoms with Crippen molar-refractivity contribution in [2.75, 3.05) is 24.6 Å². The first-order valence-corrected chi connectivity index (χ1v) is 11.1. The SMILES string of the molecule is O=C(N[C@H]1C[C@H]2CN(C3CCSCC3)C[C@H]2C[C@@H]1O)c1ccncc1Cl. The van der Waals surface area contributed by atoms with Crippen molar-refractivity contribution in [2.45, 2.75) is 43.9 Å². The largest absolute Gasteiger partial charge is 0.391 e. The van der Waals surface area contributed by atoms with Gasteiger partial charge in [0.2, 0.25) is 0 Å². The summed E-state index contributed by atoms with van der Waals surface area (Å²) in [6.45, 7) is 2.21. The number of hydrogen-bond acceptors (Lipinski definition) is 5. The molecule has 0 unspecified atom stereocenters. The van der Waals surface area contributed by atoms with Gasteiger partial charge in [0.25, 0.3) is 5.91 Å². The van der Waals surface area contributed by atoms with Gasteiger partial charge in [0.1, 0.15) is 0 Å². The van der Waals surface area contributed by atoms with Crippen molar-refractivity contribution in [3.63, 3.8) is 0 Å². The van der Waals surface area contributed by atoms with E-state index in [-0.39, 0.29) is 11.9 Å². The van der Waals surface area contributed by atoms with Gasteiger partial charge in [0.15, 0.2) is 0 Å². The summed E-state index contributed by atoms with van der Waals surface area (Å²) in [7, 11) is 0. The molecule has 1 aliphatic carbocycles. The van der Waals surface area contributed by atoms with Crippen LogP contribution in [0, 0.1) is 11.8 Å². The van der Waals surface area contributed by atoms with Gasteiger partial charge < -0.3 is 10.4 Å². The van der Waals surface area contributed by atoms with Crippen molar-refractivity contribution >= 4 is 29.3 Å². The fraction of sp³-hybridized carbons (Fsp3) is 0.684. The van der Waals surface area contributed by atoms with Gasteiger partial charge >= 0.3 is 0 Å². The Morgan fingerprint density at radius 3 is 2.73 bits per heavy atom. The molecular formula is C19H26ClN3O2S. The van der Waals surface area contributed by atoms with Crippen molar-refractivity contribution < 1.29 is 9.90 Å². The smallest absolute Gasteiger partial charge is 0.253 e. The van der Waals surface area contributed by atoms with Crippen LogP contribution in [0.1, 0.15) is 36.0 Å². The molecule has 0 spiro atoms. The molecule has 3 aliphatic rings. The number of aliphatic hydroxyl groups excluding tert-OH is 1. The Morgan fingerprint density at radius 2 is 2.00 bits per heavy atom. The van der Waals surface area contributed by atoms with Crippen molar-refractivity contribution in [3.05, 3.63) is 29.0 Å². The number of amides is 1. The highest BCUT2D eigenvalue weighted by Gasteiger charge is 2.43. The molecule has 4 atom stereocenters. The van der Waals surface area contributed by atoms with Gasteiger partial charge in [-0.05, 0) is 55.1 Å². The molecule has 1 aromatic rings. The highest BCUT2D eigenvalue weighted by atomic mass is 35.5. The zero-order valence-electron chi connectivity index (χ0n) is 14.8. The number of aliphatic hydroxyl groups is 1. The van der Waals surface area contributed by atoms with Crippen LogP contribution in [0.25, 0.3) is 0 Å². The predicted octanol–water partition coefficient (Wildman–Crippen LogP) is 2.43. The zero-order valence-corrected chi connectivity index (χ0v) is 16.4. The second-order valence-corrected chi connectivity index (χ2v) is 9.42. The number of rotatable bonds is 3. The number of likely N-dealkylation sites (tertiary alicyclic amines) is 1. The lowest BCUT2D eigenvalue weighted by Gasteiger charge is -2.35. The minimum absolute atomic E-state index is 0.199. The Bertz CT molecular complexity index is 655. The van der Waals surface area contributed by atoms with Gasteiger partial charge in [-0.1, -0.05) is 11.6 Å². The normalized spacial score (nSPS) is 33.0. The van der Waals surface area contributed by atoms with E-state index in [9.17, 15) is 9.90 Å². The number of halogens is 1. The molecule has 0 radical (unpaired) electrons. The topological polar surface area (TPSA) is 65.5 Å². The van der Waals surface area contributed by atoms with E-state index in [1.54, 1.807) is 12.3 Å². The van der Waals surface area contributed by atoms with Crippen LogP contribution >= 0.6 is 23.4 Å². The minimum Gasteiger partial charge on any atom is -0.391 e. The van der Waals surface area contributed by atoms with Gasteiger partial charge in [0.05, 0.1) is 22.7 Å². The average molecular weight is 396 g/mol. The summed E-state index contributed by atoms with van der Waals surface area (Å²) in [6, 6.07) is 2.13. The summed E-state index contributed by atoms with van der Waals surface area (Å²) in [5.41, 5.74) is 0.420. The number of pyridine rings is 1. The lowest BCUT2D eigenvalue weighted by atomic mass is 9.77. The first kappa shape index (κ1) is 18.5. The standard InChI is InChI=1S/C19H26ClN3O2S/c20-16-9-21-4-1-15(16)19(25)22-17-7-12-10-23(11-13(12)8-18(17)24)14-2-5-26-6-3-14/h1,4,9,12-14,17-18,24H,2-3,5-8,10-11H2,(H,22,25)/t12-,13+,17-,18-/m0/s1. The Morgan fingerprint density at radius 1 is 1.27 bits per heavy atom. The second-order valence-electron chi connectivity index (χ2n) is 7.79. The average Bonchev–Trinajstić information content (AvgIpc) is 3.06. The third-order valence-corrected chi connectivity index (χ3v) is 7.56. The maximum absolute atomic E-state index is 12.5. The molecule has 26 heavy (non-hydrogen) atoms. The van der Waals surface area contributed by atoms with Crippen LogP contribution in [-0.4, -0.2) is 63.7 Å². The summed E-state index contributed by atoms with van der Waals surface area (Å²) >= 11 is 8.13. The van der Waals surface area contributed by atoms with Gasteiger partial charge in [-0.25, -0.2) is 0 Å². The van der Waals surface area contributed by atoms with Crippen LogP contribution in [0.3, 0.4) is 0 Å². The number of carbonyl (C=O) groups is 1. The van der Waals surface area contributed by atoms with Crippen LogP contribution < -0.4 is 5.32 Å². The molecule has 0 aromatic carbocycles. The monoisotopic (exact) mass is 395 g/mol. The molecule has 142 valence electrons. The van der Waals surface area contributed by atoms with Crippen molar-refractivity contribution in [1.29, 1.82) is 0 Å². The third-order valence-electron chi connectivity index (χ3n) is 6.21. The van der Waals surface area contributed by atoms with Crippen molar-refractivity contribution in [1.82, 2.24) is 15.2 Å². The summed E-state index contributed by atoms with van der Waals surface area (Å²) in [5, 5.41) is 13.9. The first-order valence-electron chi connectivity index (χ1n) is 9.52. The molecule has 3 fully saturated rings. The van der Waals surface area contributed by atoms with E-state index in [1.807, 2.05) is 0 Å². The zero-order chi connectivity index (χ0) is 18.1. The summed E-state index contributed by atoms with van der Waals surface area (Å²) in [6.07, 6.45) is 6.74. The molecule has 1 amide bonds. The summed E-state index contributed by atoms with van der Waals surface area (Å²) in [4.78, 5) is 19.1. The fourth-order valence-corrected chi connectivity index (χ4v) is 6.06. The van der Waals surface area contributed by atoms with E-state index in [2.05, 4.69) is 27.0 Å². The highest BCUT2D eigenvalue weighted by Crippen LogP contribution is 2.39. The third kappa shape index (κ3) is 3.88. The Kier molecular flexibility index (Phi) is 5.74. The molecule has 3 heterocycles. The van der Waals surface area contributed by atoms with Gasteiger partial charge in [-0.15, -0.1) is 0 Å². The lowest BCUT2D eigenvalue weighted by molar-refractivity contribution is 0.0461. The Labute approximate surface area is 163 Å². The molecule has 7 heteroatoms. The summed E-state index contributed by atoms with van der Waals surface area (Å²) < 4.78 is 0. The Hall–Kier alpha value is -0.820. The van der Waals surface area contributed by atoms with E-state index in [4.69, 9.17) is 11.6 Å². The van der Waals surface area contributed by atoms with Crippen LogP contribution in [-0.2, 0) is 0 Å².